The number of hydrogen-bond donors (Lipinski definition) is 1. The fourth-order valence-electron chi connectivity index (χ4n) is 2.17. The fraction of sp³-hybridized carbons (Fsp3) is 0.571. The summed E-state index contributed by atoms with van der Waals surface area (Å²) in [5, 5.41) is 0. The first-order valence-corrected chi connectivity index (χ1v) is 6.42. The molecule has 0 unspecified atom stereocenters. The first kappa shape index (κ1) is 13.5. The molecule has 0 atom stereocenters. The monoisotopic (exact) mass is 253 g/mol. The van der Waals surface area contributed by atoms with E-state index in [0.717, 1.165) is 43.8 Å². The Kier molecular flexibility index (Phi) is 5.11. The van der Waals surface area contributed by atoms with E-state index in [0.29, 0.717) is 19.1 Å². The minimum Gasteiger partial charge on any atom is -0.381 e. The first-order chi connectivity index (χ1) is 8.79. The van der Waals surface area contributed by atoms with E-state index >= 15 is 0 Å². The summed E-state index contributed by atoms with van der Waals surface area (Å²) >= 11 is 0. The molecule has 1 aliphatic rings. The topological polar surface area (TPSA) is 44.5 Å². The smallest absolute Gasteiger partial charge is 0.123 e. The van der Waals surface area contributed by atoms with Crippen LogP contribution in [0.2, 0.25) is 0 Å². The van der Waals surface area contributed by atoms with Crippen LogP contribution >= 0.6 is 0 Å². The molecule has 0 spiro atoms. The number of halogens is 1. The lowest BCUT2D eigenvalue weighted by Crippen LogP contribution is -2.20. The van der Waals surface area contributed by atoms with Crippen LogP contribution in [-0.4, -0.2) is 19.8 Å². The number of nitrogens with two attached hydrogens (primary N) is 1. The quantitative estimate of drug-likeness (QED) is 0.875. The van der Waals surface area contributed by atoms with E-state index < -0.39 is 0 Å². The van der Waals surface area contributed by atoms with Gasteiger partial charge in [-0.05, 0) is 42.0 Å². The van der Waals surface area contributed by atoms with E-state index in [2.05, 4.69) is 0 Å². The van der Waals surface area contributed by atoms with Gasteiger partial charge in [0.1, 0.15) is 5.82 Å². The third kappa shape index (κ3) is 3.77. The van der Waals surface area contributed by atoms with Crippen LogP contribution in [0.4, 0.5) is 4.39 Å². The van der Waals surface area contributed by atoms with Crippen molar-refractivity contribution in [3.05, 3.63) is 35.1 Å². The van der Waals surface area contributed by atoms with E-state index in [1.165, 1.54) is 12.1 Å². The zero-order valence-electron chi connectivity index (χ0n) is 10.5. The average molecular weight is 253 g/mol. The van der Waals surface area contributed by atoms with Gasteiger partial charge in [-0.15, -0.1) is 0 Å². The third-order valence-corrected chi connectivity index (χ3v) is 3.34. The highest BCUT2D eigenvalue weighted by Crippen LogP contribution is 2.17. The Morgan fingerprint density at radius 1 is 1.28 bits per heavy atom. The van der Waals surface area contributed by atoms with E-state index in [4.69, 9.17) is 15.2 Å². The first-order valence-electron chi connectivity index (χ1n) is 6.42. The Hall–Kier alpha value is -0.970. The van der Waals surface area contributed by atoms with Crippen molar-refractivity contribution in [3.63, 3.8) is 0 Å². The van der Waals surface area contributed by atoms with Gasteiger partial charge in [-0.3, -0.25) is 0 Å². The summed E-state index contributed by atoms with van der Waals surface area (Å²) in [6.45, 7) is 3.25. The van der Waals surface area contributed by atoms with Crippen molar-refractivity contribution in [1.82, 2.24) is 0 Å². The van der Waals surface area contributed by atoms with Crippen LogP contribution in [0.5, 0.6) is 0 Å². The molecule has 100 valence electrons. The maximum absolute atomic E-state index is 13.0. The molecule has 0 amide bonds. The molecule has 2 N–H and O–H groups in total. The van der Waals surface area contributed by atoms with Gasteiger partial charge in [-0.25, -0.2) is 4.39 Å². The molecular weight excluding hydrogens is 233 g/mol. The Morgan fingerprint density at radius 3 is 2.78 bits per heavy atom. The van der Waals surface area contributed by atoms with Crippen LogP contribution < -0.4 is 5.73 Å². The van der Waals surface area contributed by atoms with Crippen molar-refractivity contribution in [1.29, 1.82) is 0 Å². The van der Waals surface area contributed by atoms with Crippen LogP contribution in [0.3, 0.4) is 0 Å². The van der Waals surface area contributed by atoms with Crippen molar-refractivity contribution in [2.24, 2.45) is 11.7 Å². The highest BCUT2D eigenvalue weighted by atomic mass is 19.1. The average Bonchev–Trinajstić information content (AvgIpc) is 2.41. The fourth-order valence-corrected chi connectivity index (χ4v) is 2.17. The van der Waals surface area contributed by atoms with E-state index in [-0.39, 0.29) is 5.82 Å². The Balaban J connectivity index is 1.82. The molecule has 1 heterocycles. The standard InChI is InChI=1S/C14H20FNO2/c15-14-2-1-12(13(7-14)8-16)10-18-9-11-3-5-17-6-4-11/h1-2,7,11H,3-6,8-10,16H2. The van der Waals surface area contributed by atoms with Crippen molar-refractivity contribution in [3.8, 4) is 0 Å². The molecule has 1 fully saturated rings. The summed E-state index contributed by atoms with van der Waals surface area (Å²) in [4.78, 5) is 0. The summed E-state index contributed by atoms with van der Waals surface area (Å²) in [6, 6.07) is 4.68. The van der Waals surface area contributed by atoms with E-state index in [1.54, 1.807) is 6.07 Å². The Labute approximate surface area is 107 Å². The molecule has 1 saturated heterocycles. The highest BCUT2D eigenvalue weighted by molar-refractivity contribution is 5.27. The summed E-state index contributed by atoms with van der Waals surface area (Å²) < 4.78 is 24.0. The maximum Gasteiger partial charge on any atom is 0.123 e. The number of rotatable bonds is 5. The molecule has 2 rings (SSSR count). The Morgan fingerprint density at radius 2 is 2.06 bits per heavy atom. The van der Waals surface area contributed by atoms with E-state index in [9.17, 15) is 4.39 Å². The summed E-state index contributed by atoms with van der Waals surface area (Å²) in [7, 11) is 0. The zero-order valence-corrected chi connectivity index (χ0v) is 10.5. The van der Waals surface area contributed by atoms with Gasteiger partial charge in [0.15, 0.2) is 0 Å². The molecule has 0 radical (unpaired) electrons. The lowest BCUT2D eigenvalue weighted by atomic mass is 10.0. The minimum absolute atomic E-state index is 0.247. The summed E-state index contributed by atoms with van der Waals surface area (Å²) in [5.41, 5.74) is 7.39. The van der Waals surface area contributed by atoms with Crippen molar-refractivity contribution in [2.45, 2.75) is 26.0 Å². The van der Waals surface area contributed by atoms with E-state index in [1.807, 2.05) is 0 Å². The summed E-state index contributed by atoms with van der Waals surface area (Å²) in [6.07, 6.45) is 2.13. The molecule has 4 heteroatoms. The van der Waals surface area contributed by atoms with Crippen molar-refractivity contribution >= 4 is 0 Å². The summed E-state index contributed by atoms with van der Waals surface area (Å²) in [5.74, 6) is 0.337. The van der Waals surface area contributed by atoms with Crippen molar-refractivity contribution < 1.29 is 13.9 Å². The van der Waals surface area contributed by atoms with Gasteiger partial charge in [0.2, 0.25) is 0 Å². The predicted molar refractivity (Wildman–Crippen MR) is 67.5 cm³/mol. The molecule has 0 aliphatic carbocycles. The van der Waals surface area contributed by atoms with Gasteiger partial charge in [-0.2, -0.15) is 0 Å². The van der Waals surface area contributed by atoms with Gasteiger partial charge in [0, 0.05) is 19.8 Å². The van der Waals surface area contributed by atoms with Crippen molar-refractivity contribution in [2.75, 3.05) is 19.8 Å². The predicted octanol–water partition coefficient (Wildman–Crippen LogP) is 2.23. The molecule has 1 aromatic carbocycles. The lowest BCUT2D eigenvalue weighted by molar-refractivity contribution is 0.0156. The third-order valence-electron chi connectivity index (χ3n) is 3.34. The van der Waals surface area contributed by atoms with Crippen LogP contribution in [0.1, 0.15) is 24.0 Å². The molecule has 0 aromatic heterocycles. The number of hydrogen-bond acceptors (Lipinski definition) is 3. The second-order valence-corrected chi connectivity index (χ2v) is 4.69. The molecule has 0 saturated carbocycles. The molecule has 3 nitrogen and oxygen atoms in total. The largest absolute Gasteiger partial charge is 0.381 e. The van der Waals surface area contributed by atoms with Gasteiger partial charge in [-0.1, -0.05) is 6.07 Å². The second-order valence-electron chi connectivity index (χ2n) is 4.69. The second kappa shape index (κ2) is 6.83. The van der Waals surface area contributed by atoms with Crippen LogP contribution in [0.15, 0.2) is 18.2 Å². The van der Waals surface area contributed by atoms with Crippen LogP contribution in [0, 0.1) is 11.7 Å². The van der Waals surface area contributed by atoms with Gasteiger partial charge in [0.25, 0.3) is 0 Å². The SMILES string of the molecule is NCc1cc(F)ccc1COCC1CCOCC1. The molecule has 0 bridgehead atoms. The normalized spacial score (nSPS) is 17.0. The molecule has 1 aliphatic heterocycles. The van der Waals surface area contributed by atoms with Crippen LogP contribution in [-0.2, 0) is 22.6 Å². The zero-order chi connectivity index (χ0) is 12.8. The highest BCUT2D eigenvalue weighted by Gasteiger charge is 2.14. The molecule has 1 aromatic rings. The molecular formula is C14H20FNO2. The number of ether oxygens (including phenoxy) is 2. The van der Waals surface area contributed by atoms with Gasteiger partial charge >= 0.3 is 0 Å². The van der Waals surface area contributed by atoms with Gasteiger partial charge in [0.05, 0.1) is 13.2 Å². The number of benzene rings is 1. The minimum atomic E-state index is -0.247. The maximum atomic E-state index is 13.0. The molecule has 18 heavy (non-hydrogen) atoms. The van der Waals surface area contributed by atoms with Gasteiger partial charge < -0.3 is 15.2 Å². The Bertz CT molecular complexity index is 378. The lowest BCUT2D eigenvalue weighted by Gasteiger charge is -2.22. The van der Waals surface area contributed by atoms with Crippen LogP contribution in [0.25, 0.3) is 0 Å².